The average Bonchev–Trinajstić information content (AvgIpc) is 2.53. The molecule has 0 aliphatic carbocycles. The van der Waals surface area contributed by atoms with E-state index in [2.05, 4.69) is 4.98 Å². The number of ketones is 1. The fourth-order valence-corrected chi connectivity index (χ4v) is 1.72. The van der Waals surface area contributed by atoms with Crippen LogP contribution in [0.15, 0.2) is 48.7 Å². The van der Waals surface area contributed by atoms with Crippen LogP contribution in [0.2, 0.25) is 0 Å². The third-order valence-electron chi connectivity index (χ3n) is 2.75. The normalized spacial score (nSPS) is 10.5. The molecule has 0 spiro atoms. The number of hydrogen-bond acceptors (Lipinski definition) is 4. The van der Waals surface area contributed by atoms with Gasteiger partial charge in [-0.25, -0.2) is 0 Å². The summed E-state index contributed by atoms with van der Waals surface area (Å²) in [5.41, 5.74) is 1.27. The molecule has 1 aromatic carbocycles. The average molecular weight is 269 g/mol. The maximum atomic E-state index is 11.9. The van der Waals surface area contributed by atoms with Crippen LogP contribution >= 0.6 is 0 Å². The lowest BCUT2D eigenvalue weighted by atomic mass is 10.1. The van der Waals surface area contributed by atoms with E-state index in [1.807, 2.05) is 6.07 Å². The highest BCUT2D eigenvalue weighted by Crippen LogP contribution is 2.27. The van der Waals surface area contributed by atoms with E-state index in [-0.39, 0.29) is 5.78 Å². The second kappa shape index (κ2) is 6.52. The fourth-order valence-electron chi connectivity index (χ4n) is 1.72. The summed E-state index contributed by atoms with van der Waals surface area (Å²) >= 11 is 0. The second-order valence-electron chi connectivity index (χ2n) is 4.03. The first kappa shape index (κ1) is 13.8. The summed E-state index contributed by atoms with van der Waals surface area (Å²) in [6.07, 6.45) is 4.81. The van der Waals surface area contributed by atoms with Crippen LogP contribution in [0.3, 0.4) is 0 Å². The smallest absolute Gasteiger partial charge is 0.204 e. The molecule has 0 aliphatic heterocycles. The van der Waals surface area contributed by atoms with Gasteiger partial charge in [0.05, 0.1) is 14.2 Å². The monoisotopic (exact) mass is 269 g/mol. The van der Waals surface area contributed by atoms with Gasteiger partial charge in [-0.1, -0.05) is 18.2 Å². The minimum atomic E-state index is -0.139. The van der Waals surface area contributed by atoms with Crippen molar-refractivity contribution < 1.29 is 14.3 Å². The first-order chi connectivity index (χ1) is 9.74. The zero-order chi connectivity index (χ0) is 14.4. The third-order valence-corrected chi connectivity index (χ3v) is 2.75. The molecule has 4 nitrogen and oxygen atoms in total. The largest absolute Gasteiger partial charge is 0.493 e. The van der Waals surface area contributed by atoms with Crippen LogP contribution in [-0.4, -0.2) is 25.0 Å². The predicted molar refractivity (Wildman–Crippen MR) is 77.1 cm³/mol. The van der Waals surface area contributed by atoms with E-state index in [9.17, 15) is 4.79 Å². The molecule has 2 rings (SSSR count). The van der Waals surface area contributed by atoms with Gasteiger partial charge in [0, 0.05) is 6.20 Å². The Labute approximate surface area is 117 Å². The molecule has 1 aromatic heterocycles. The molecule has 0 radical (unpaired) electrons. The molecule has 0 unspecified atom stereocenters. The number of rotatable bonds is 5. The van der Waals surface area contributed by atoms with Crippen LogP contribution in [-0.2, 0) is 0 Å². The molecule has 0 atom stereocenters. The lowest BCUT2D eigenvalue weighted by Gasteiger charge is -2.07. The predicted octanol–water partition coefficient (Wildman–Crippen LogP) is 2.99. The number of methoxy groups -OCH3 is 2. The lowest BCUT2D eigenvalue weighted by molar-refractivity contribution is 0.104. The van der Waals surface area contributed by atoms with Crippen LogP contribution in [0.1, 0.15) is 16.1 Å². The fraction of sp³-hybridized carbons (Fsp3) is 0.125. The Bertz CT molecular complexity index is 621. The van der Waals surface area contributed by atoms with Crippen molar-refractivity contribution in [3.63, 3.8) is 0 Å². The topological polar surface area (TPSA) is 48.4 Å². The Morgan fingerprint density at radius 1 is 1.10 bits per heavy atom. The van der Waals surface area contributed by atoms with E-state index in [0.717, 1.165) is 5.56 Å². The van der Waals surface area contributed by atoms with Crippen molar-refractivity contribution >= 4 is 11.9 Å². The molecule has 0 aliphatic rings. The van der Waals surface area contributed by atoms with Gasteiger partial charge in [-0.3, -0.25) is 9.78 Å². The van der Waals surface area contributed by atoms with Gasteiger partial charge >= 0.3 is 0 Å². The van der Waals surface area contributed by atoms with Gasteiger partial charge in [0.2, 0.25) is 5.78 Å². The van der Waals surface area contributed by atoms with Crippen molar-refractivity contribution in [2.24, 2.45) is 0 Å². The standard InChI is InChI=1S/C16H15NO3/c1-19-15-9-7-12(11-16(15)20-2)6-8-14(18)13-5-3-4-10-17-13/h3-11H,1-2H3/b8-6-. The summed E-state index contributed by atoms with van der Waals surface area (Å²) < 4.78 is 10.4. The number of nitrogens with zero attached hydrogens (tertiary/aromatic N) is 1. The number of carbonyl (C=O) groups is 1. The number of hydrogen-bond donors (Lipinski definition) is 0. The van der Waals surface area contributed by atoms with Gasteiger partial charge in [0.15, 0.2) is 11.5 Å². The molecular formula is C16H15NO3. The zero-order valence-electron chi connectivity index (χ0n) is 11.4. The van der Waals surface area contributed by atoms with Gasteiger partial charge in [-0.2, -0.15) is 0 Å². The Morgan fingerprint density at radius 3 is 2.55 bits per heavy atom. The summed E-state index contributed by atoms with van der Waals surface area (Å²) in [6.45, 7) is 0. The highest BCUT2D eigenvalue weighted by atomic mass is 16.5. The Morgan fingerprint density at radius 2 is 1.90 bits per heavy atom. The number of benzene rings is 1. The van der Waals surface area contributed by atoms with Crippen molar-refractivity contribution in [2.75, 3.05) is 14.2 Å². The van der Waals surface area contributed by atoms with Gasteiger partial charge in [-0.05, 0) is 35.9 Å². The van der Waals surface area contributed by atoms with Crippen molar-refractivity contribution in [3.05, 3.63) is 59.9 Å². The molecule has 4 heteroatoms. The van der Waals surface area contributed by atoms with E-state index in [1.54, 1.807) is 56.8 Å². The van der Waals surface area contributed by atoms with Gasteiger partial charge in [0.25, 0.3) is 0 Å². The molecule has 0 saturated heterocycles. The Kier molecular flexibility index (Phi) is 4.50. The van der Waals surface area contributed by atoms with Gasteiger partial charge < -0.3 is 9.47 Å². The molecule has 2 aromatic rings. The summed E-state index contributed by atoms with van der Waals surface area (Å²) in [6, 6.07) is 10.7. The van der Waals surface area contributed by atoms with Crippen LogP contribution in [0.5, 0.6) is 11.5 Å². The molecule has 0 N–H and O–H groups in total. The maximum absolute atomic E-state index is 11.9. The van der Waals surface area contributed by atoms with Crippen LogP contribution in [0.25, 0.3) is 6.08 Å². The van der Waals surface area contributed by atoms with E-state index in [0.29, 0.717) is 17.2 Å². The Hall–Kier alpha value is -2.62. The minimum absolute atomic E-state index is 0.139. The van der Waals surface area contributed by atoms with Crippen LogP contribution in [0, 0.1) is 0 Å². The highest BCUT2D eigenvalue weighted by molar-refractivity contribution is 6.05. The number of carbonyl (C=O) groups excluding carboxylic acids is 1. The molecule has 0 fully saturated rings. The molecule has 0 amide bonds. The number of allylic oxidation sites excluding steroid dienone is 1. The van der Waals surface area contributed by atoms with E-state index in [4.69, 9.17) is 9.47 Å². The highest BCUT2D eigenvalue weighted by Gasteiger charge is 2.04. The minimum Gasteiger partial charge on any atom is -0.493 e. The molecule has 0 saturated carbocycles. The summed E-state index contributed by atoms with van der Waals surface area (Å²) in [7, 11) is 3.16. The summed E-state index contributed by atoms with van der Waals surface area (Å²) in [4.78, 5) is 15.9. The zero-order valence-corrected chi connectivity index (χ0v) is 11.4. The van der Waals surface area contributed by atoms with Crippen molar-refractivity contribution in [1.29, 1.82) is 0 Å². The maximum Gasteiger partial charge on any atom is 0.204 e. The summed E-state index contributed by atoms with van der Waals surface area (Å²) in [5.74, 6) is 1.14. The number of pyridine rings is 1. The van der Waals surface area contributed by atoms with Crippen LogP contribution in [0.4, 0.5) is 0 Å². The molecule has 0 bridgehead atoms. The van der Waals surface area contributed by atoms with Crippen molar-refractivity contribution in [1.82, 2.24) is 4.98 Å². The van der Waals surface area contributed by atoms with Crippen molar-refractivity contribution in [2.45, 2.75) is 0 Å². The number of ether oxygens (including phenoxy) is 2. The molecule has 102 valence electrons. The Balaban J connectivity index is 2.17. The van der Waals surface area contributed by atoms with Gasteiger partial charge in [0.1, 0.15) is 5.69 Å². The van der Waals surface area contributed by atoms with E-state index in [1.165, 1.54) is 6.08 Å². The first-order valence-corrected chi connectivity index (χ1v) is 6.10. The van der Waals surface area contributed by atoms with Crippen molar-refractivity contribution in [3.8, 4) is 11.5 Å². The van der Waals surface area contributed by atoms with Gasteiger partial charge in [-0.15, -0.1) is 0 Å². The quantitative estimate of drug-likeness (QED) is 0.618. The van der Waals surface area contributed by atoms with E-state index < -0.39 is 0 Å². The first-order valence-electron chi connectivity index (χ1n) is 6.10. The second-order valence-corrected chi connectivity index (χ2v) is 4.03. The molecule has 20 heavy (non-hydrogen) atoms. The molecule has 1 heterocycles. The van der Waals surface area contributed by atoms with Crippen LogP contribution < -0.4 is 9.47 Å². The molecular weight excluding hydrogens is 254 g/mol. The number of aromatic nitrogens is 1. The van der Waals surface area contributed by atoms with E-state index >= 15 is 0 Å². The SMILES string of the molecule is COc1ccc(/C=C\C(=O)c2ccccn2)cc1OC. The summed E-state index contributed by atoms with van der Waals surface area (Å²) in [5, 5.41) is 0. The lowest BCUT2D eigenvalue weighted by Crippen LogP contribution is -1.96. The third kappa shape index (κ3) is 3.23.